The fraction of sp³-hybridized carbons (Fsp3) is 0.385. The van der Waals surface area contributed by atoms with E-state index in [1.165, 1.54) is 11.3 Å². The molecule has 2 unspecified atom stereocenters. The number of benzene rings is 2. The van der Waals surface area contributed by atoms with Crippen LogP contribution in [-0.4, -0.2) is 53.5 Å². The third-order valence-corrected chi connectivity index (χ3v) is 7.64. The van der Waals surface area contributed by atoms with E-state index in [9.17, 15) is 14.7 Å². The van der Waals surface area contributed by atoms with Crippen LogP contribution in [0, 0.1) is 0 Å². The maximum Gasteiger partial charge on any atom is 0.293 e. The van der Waals surface area contributed by atoms with Crippen molar-refractivity contribution in [3.8, 4) is 5.75 Å². The third kappa shape index (κ3) is 5.44. The van der Waals surface area contributed by atoms with E-state index in [1.54, 1.807) is 18.2 Å². The standard InChI is InChI=1S/C26H27ClN2O4S/c27-18-6-3-17-13-23(34-22(17)14-18)25(31)26(32)28-21(15-29-11-1-2-12-29)24(30)16-4-7-19(8-5-16)33-20-9-10-20/h3-8,13-14,20-21,24,30H,1-2,9-12,15H2,(H,28,32). The Balaban J connectivity index is 1.31. The van der Waals surface area contributed by atoms with Crippen LogP contribution < -0.4 is 10.1 Å². The average molecular weight is 499 g/mol. The number of nitrogens with zero attached hydrogens (tertiary/aromatic N) is 1. The second-order valence-electron chi connectivity index (χ2n) is 9.04. The molecule has 2 N–H and O–H groups in total. The van der Waals surface area contributed by atoms with Gasteiger partial charge in [-0.25, -0.2) is 0 Å². The van der Waals surface area contributed by atoms with Gasteiger partial charge < -0.3 is 20.1 Å². The third-order valence-electron chi connectivity index (χ3n) is 6.31. The molecule has 3 aromatic rings. The number of halogens is 1. The van der Waals surface area contributed by atoms with Crippen molar-refractivity contribution in [1.29, 1.82) is 0 Å². The molecule has 2 atom stereocenters. The molecule has 1 aliphatic carbocycles. The normalized spacial score (nSPS) is 18.1. The molecule has 2 heterocycles. The predicted octanol–water partition coefficient (Wildman–Crippen LogP) is 4.59. The van der Waals surface area contributed by atoms with Crippen LogP contribution in [0.15, 0.2) is 48.5 Å². The minimum Gasteiger partial charge on any atom is -0.490 e. The molecule has 5 rings (SSSR count). The number of ketones is 1. The summed E-state index contributed by atoms with van der Waals surface area (Å²) in [4.78, 5) is 28.5. The lowest BCUT2D eigenvalue weighted by Crippen LogP contribution is -2.48. The molecule has 1 saturated heterocycles. The van der Waals surface area contributed by atoms with E-state index in [2.05, 4.69) is 10.2 Å². The Morgan fingerprint density at radius 3 is 2.56 bits per heavy atom. The van der Waals surface area contributed by atoms with Crippen molar-refractivity contribution in [3.63, 3.8) is 0 Å². The van der Waals surface area contributed by atoms with Gasteiger partial charge in [-0.05, 0) is 80.1 Å². The van der Waals surface area contributed by atoms with Crippen LogP contribution in [0.4, 0.5) is 0 Å². The molecule has 2 fully saturated rings. The molecule has 0 radical (unpaired) electrons. The van der Waals surface area contributed by atoms with Crippen LogP contribution in [-0.2, 0) is 4.79 Å². The number of thiophene rings is 1. The van der Waals surface area contributed by atoms with Crippen molar-refractivity contribution in [1.82, 2.24) is 10.2 Å². The lowest BCUT2D eigenvalue weighted by Gasteiger charge is -2.28. The highest BCUT2D eigenvalue weighted by atomic mass is 35.5. The Bertz CT molecular complexity index is 1190. The second kappa shape index (κ2) is 10.0. The second-order valence-corrected chi connectivity index (χ2v) is 10.6. The van der Waals surface area contributed by atoms with Crippen molar-refractivity contribution in [2.45, 2.75) is 43.9 Å². The first-order valence-electron chi connectivity index (χ1n) is 11.7. The number of aliphatic hydroxyl groups is 1. The van der Waals surface area contributed by atoms with Gasteiger partial charge in [0.15, 0.2) is 0 Å². The lowest BCUT2D eigenvalue weighted by atomic mass is 10.0. The average Bonchev–Trinajstić information content (AvgIpc) is 3.31. The maximum absolute atomic E-state index is 13.0. The van der Waals surface area contributed by atoms with E-state index >= 15 is 0 Å². The minimum atomic E-state index is -0.950. The summed E-state index contributed by atoms with van der Waals surface area (Å²) in [5.74, 6) is -0.544. The van der Waals surface area contributed by atoms with E-state index < -0.39 is 23.8 Å². The number of nitrogens with one attached hydrogen (secondary N) is 1. The van der Waals surface area contributed by atoms with Gasteiger partial charge in [-0.2, -0.15) is 0 Å². The zero-order valence-electron chi connectivity index (χ0n) is 18.7. The number of likely N-dealkylation sites (tertiary alicyclic amines) is 1. The van der Waals surface area contributed by atoms with Crippen LogP contribution in [0.1, 0.15) is 47.0 Å². The number of Topliss-reactive ketones (excluding diaryl/α,β-unsaturated/α-hetero) is 1. The molecule has 0 spiro atoms. The molecule has 8 heteroatoms. The van der Waals surface area contributed by atoms with E-state index in [-0.39, 0.29) is 0 Å². The fourth-order valence-corrected chi connectivity index (χ4v) is 5.56. The van der Waals surface area contributed by atoms with E-state index in [1.807, 2.05) is 30.3 Å². The van der Waals surface area contributed by atoms with Gasteiger partial charge in [0, 0.05) is 16.3 Å². The summed E-state index contributed by atoms with van der Waals surface area (Å²) in [6.07, 6.45) is 3.69. The van der Waals surface area contributed by atoms with Crippen LogP contribution in [0.3, 0.4) is 0 Å². The molecular weight excluding hydrogens is 472 g/mol. The van der Waals surface area contributed by atoms with Gasteiger partial charge >= 0.3 is 0 Å². The molecule has 6 nitrogen and oxygen atoms in total. The smallest absolute Gasteiger partial charge is 0.293 e. The van der Waals surface area contributed by atoms with Crippen molar-refractivity contribution in [2.24, 2.45) is 0 Å². The lowest BCUT2D eigenvalue weighted by molar-refractivity contribution is -0.118. The summed E-state index contributed by atoms with van der Waals surface area (Å²) < 4.78 is 6.65. The Kier molecular flexibility index (Phi) is 6.88. The van der Waals surface area contributed by atoms with Crippen molar-refractivity contribution in [2.75, 3.05) is 19.6 Å². The molecular formula is C26H27ClN2O4S. The first kappa shape index (κ1) is 23.3. The molecule has 1 aliphatic heterocycles. The van der Waals surface area contributed by atoms with Gasteiger partial charge in [0.1, 0.15) is 11.9 Å². The number of aliphatic hydroxyl groups excluding tert-OH is 1. The quantitative estimate of drug-likeness (QED) is 0.333. The van der Waals surface area contributed by atoms with Gasteiger partial charge in [0.25, 0.3) is 11.7 Å². The number of carbonyl (C=O) groups is 2. The maximum atomic E-state index is 13.0. The van der Waals surface area contributed by atoms with Crippen molar-refractivity contribution < 1.29 is 19.4 Å². The van der Waals surface area contributed by atoms with E-state index in [4.69, 9.17) is 16.3 Å². The molecule has 1 saturated carbocycles. The van der Waals surface area contributed by atoms with Crippen molar-refractivity contribution >= 4 is 44.7 Å². The monoisotopic (exact) mass is 498 g/mol. The Morgan fingerprint density at radius 2 is 1.85 bits per heavy atom. The molecule has 178 valence electrons. The van der Waals surface area contributed by atoms with Gasteiger partial charge in [-0.3, -0.25) is 9.59 Å². The fourth-order valence-electron chi connectivity index (χ4n) is 4.28. The highest BCUT2D eigenvalue weighted by molar-refractivity contribution is 7.21. The van der Waals surface area contributed by atoms with Gasteiger partial charge in [-0.1, -0.05) is 29.8 Å². The van der Waals surface area contributed by atoms with E-state index in [0.717, 1.165) is 54.6 Å². The number of rotatable bonds is 9. The van der Waals surface area contributed by atoms with Crippen molar-refractivity contribution in [3.05, 3.63) is 64.0 Å². The van der Waals surface area contributed by atoms with Gasteiger partial charge in [0.05, 0.1) is 17.0 Å². The summed E-state index contributed by atoms with van der Waals surface area (Å²) in [6, 6.07) is 13.8. The molecule has 2 aromatic carbocycles. The van der Waals surface area contributed by atoms with E-state index in [0.29, 0.717) is 28.1 Å². The molecule has 2 aliphatic rings. The zero-order chi connectivity index (χ0) is 23.7. The number of ether oxygens (including phenoxy) is 1. The first-order chi connectivity index (χ1) is 16.5. The molecule has 1 amide bonds. The van der Waals surface area contributed by atoms with Crippen LogP contribution in [0.5, 0.6) is 5.75 Å². The Hall–Kier alpha value is -2.45. The molecule has 34 heavy (non-hydrogen) atoms. The first-order valence-corrected chi connectivity index (χ1v) is 12.9. The van der Waals surface area contributed by atoms with Gasteiger partial charge in [0.2, 0.25) is 0 Å². The van der Waals surface area contributed by atoms with Crippen LogP contribution in [0.25, 0.3) is 10.1 Å². The topological polar surface area (TPSA) is 78.9 Å². The largest absolute Gasteiger partial charge is 0.490 e. The number of carbonyl (C=O) groups excluding carboxylic acids is 2. The number of amides is 1. The van der Waals surface area contributed by atoms with Crippen LogP contribution in [0.2, 0.25) is 5.02 Å². The Labute approximate surface area is 207 Å². The predicted molar refractivity (Wildman–Crippen MR) is 134 cm³/mol. The minimum absolute atomic E-state index is 0.300. The number of hydrogen-bond acceptors (Lipinski definition) is 6. The Morgan fingerprint density at radius 1 is 1.12 bits per heavy atom. The summed E-state index contributed by atoms with van der Waals surface area (Å²) in [6.45, 7) is 2.30. The SMILES string of the molecule is O=C(NC(CN1CCCC1)C(O)c1ccc(OC2CC2)cc1)C(=O)c1cc2ccc(Cl)cc2s1. The number of fused-ring (bicyclic) bond motifs is 1. The highest BCUT2D eigenvalue weighted by Gasteiger charge is 2.30. The summed E-state index contributed by atoms with van der Waals surface area (Å²) in [5.41, 5.74) is 0.677. The summed E-state index contributed by atoms with van der Waals surface area (Å²) >= 11 is 7.30. The molecule has 1 aromatic heterocycles. The molecule has 0 bridgehead atoms. The summed E-state index contributed by atoms with van der Waals surface area (Å²) in [7, 11) is 0. The van der Waals surface area contributed by atoms with Crippen LogP contribution >= 0.6 is 22.9 Å². The zero-order valence-corrected chi connectivity index (χ0v) is 20.3. The highest BCUT2D eigenvalue weighted by Crippen LogP contribution is 2.30. The summed E-state index contributed by atoms with van der Waals surface area (Å²) in [5, 5.41) is 15.4. The van der Waals surface area contributed by atoms with Gasteiger partial charge in [-0.15, -0.1) is 11.3 Å². The number of hydrogen-bond donors (Lipinski definition) is 2.